The number of hydrogen-bond donors (Lipinski definition) is 2. The summed E-state index contributed by atoms with van der Waals surface area (Å²) in [5, 5.41) is 12.4. The molecule has 28 heavy (non-hydrogen) atoms. The van der Waals surface area contributed by atoms with Crippen molar-refractivity contribution in [3.8, 4) is 0 Å². The van der Waals surface area contributed by atoms with Gasteiger partial charge in [0.2, 0.25) is 5.91 Å². The third-order valence-electron chi connectivity index (χ3n) is 4.60. The maximum atomic E-state index is 12.7. The van der Waals surface area contributed by atoms with Crippen LogP contribution in [0.2, 0.25) is 5.02 Å². The maximum Gasteiger partial charge on any atom is 1.00 e. The summed E-state index contributed by atoms with van der Waals surface area (Å²) in [7, 11) is 0. The second-order valence-corrected chi connectivity index (χ2v) is 9.81. The topological polar surface area (TPSA) is 86.7 Å². The molecule has 2 N–H and O–H groups in total. The van der Waals surface area contributed by atoms with Crippen LogP contribution in [0.5, 0.6) is 0 Å². The van der Waals surface area contributed by atoms with Crippen LogP contribution >= 0.6 is 35.1 Å². The molecule has 1 aromatic carbocycles. The Hall–Kier alpha value is -0.640. The Morgan fingerprint density at radius 1 is 1.36 bits per heavy atom. The van der Waals surface area contributed by atoms with Gasteiger partial charge in [-0.25, -0.2) is 4.79 Å². The van der Waals surface area contributed by atoms with Gasteiger partial charge in [-0.2, -0.15) is 0 Å². The molecule has 0 radical (unpaired) electrons. The summed E-state index contributed by atoms with van der Waals surface area (Å²) in [5.74, 6) is -1.77. The number of aliphatic carboxylic acids is 1. The molecule has 2 saturated heterocycles. The van der Waals surface area contributed by atoms with E-state index in [9.17, 15) is 19.5 Å². The summed E-state index contributed by atoms with van der Waals surface area (Å²) in [4.78, 5) is 38.5. The second-order valence-electron chi connectivity index (χ2n) is 6.78. The van der Waals surface area contributed by atoms with Crippen molar-refractivity contribution in [2.75, 3.05) is 6.26 Å². The number of amides is 2. The van der Waals surface area contributed by atoms with Crippen molar-refractivity contribution in [3.05, 3.63) is 39.8 Å². The van der Waals surface area contributed by atoms with Crippen molar-refractivity contribution in [2.24, 2.45) is 0 Å². The van der Waals surface area contributed by atoms with Gasteiger partial charge in [0.05, 0.1) is 4.91 Å². The molecule has 1 aromatic rings. The minimum Gasteiger partial charge on any atom is -0.480 e. The number of rotatable bonds is 5. The van der Waals surface area contributed by atoms with E-state index in [1.807, 2.05) is 6.07 Å². The number of benzene rings is 1. The van der Waals surface area contributed by atoms with Gasteiger partial charge in [0.15, 0.2) is 0 Å². The number of fused-ring (bicyclic) bond motifs is 1. The third kappa shape index (κ3) is 4.27. The predicted octanol–water partition coefficient (Wildman–Crippen LogP) is -0.320. The minimum absolute atomic E-state index is 0. The van der Waals surface area contributed by atoms with Crippen molar-refractivity contribution < 1.29 is 49.0 Å². The van der Waals surface area contributed by atoms with E-state index >= 15 is 0 Å². The Balaban J connectivity index is 0.00000280. The van der Waals surface area contributed by atoms with Gasteiger partial charge in [0.25, 0.3) is 5.91 Å². The molecule has 0 unspecified atom stereocenters. The zero-order chi connectivity index (χ0) is 19.9. The summed E-state index contributed by atoms with van der Waals surface area (Å²) < 4.78 is -0.624. The SMILES string of the molecule is CS/C(=C/c1ccccc1Cl)C(=O)N[C@H]1C(=O)N2[C@H]1SC(C)(C)[C@H]2C(=O)O.[Na+]. The standard InChI is InChI=1S/C18H19ClN2O4S2.Na/c1-18(2)13(17(24)25)21-15(23)12(16(21)27-18)20-14(22)11(26-3)8-9-6-4-5-7-10(9)19;/h4-8,12-13,16H,1-3H3,(H,20,22)(H,24,25);/q;+1/b11-8+;/t12-,13+,16-;/m0./s1. The Morgan fingerprint density at radius 3 is 2.57 bits per heavy atom. The van der Waals surface area contributed by atoms with Crippen molar-refractivity contribution in [2.45, 2.75) is 36.1 Å². The fourth-order valence-corrected chi connectivity index (χ4v) is 5.61. The molecule has 0 bridgehead atoms. The molecule has 0 spiro atoms. The summed E-state index contributed by atoms with van der Waals surface area (Å²) in [6.07, 6.45) is 3.44. The van der Waals surface area contributed by atoms with Crippen LogP contribution in [0.25, 0.3) is 6.08 Å². The van der Waals surface area contributed by atoms with Crippen molar-refractivity contribution >= 4 is 59.0 Å². The Kier molecular flexibility index (Phi) is 7.61. The van der Waals surface area contributed by atoms with Crippen LogP contribution in [0.4, 0.5) is 0 Å². The van der Waals surface area contributed by atoms with E-state index in [4.69, 9.17) is 11.6 Å². The van der Waals surface area contributed by atoms with Crippen molar-refractivity contribution in [1.29, 1.82) is 0 Å². The van der Waals surface area contributed by atoms with Gasteiger partial charge in [-0.05, 0) is 37.8 Å². The molecule has 2 heterocycles. The van der Waals surface area contributed by atoms with Gasteiger partial charge in [-0.1, -0.05) is 29.8 Å². The smallest absolute Gasteiger partial charge is 0.480 e. The molecule has 2 fully saturated rings. The Labute approximate surface area is 199 Å². The van der Waals surface area contributed by atoms with E-state index in [1.165, 1.54) is 28.4 Å². The van der Waals surface area contributed by atoms with Crippen LogP contribution in [0.15, 0.2) is 29.2 Å². The third-order valence-corrected chi connectivity index (χ3v) is 7.26. The van der Waals surface area contributed by atoms with Gasteiger partial charge in [0, 0.05) is 9.77 Å². The fraction of sp³-hybridized carbons (Fsp3) is 0.389. The largest absolute Gasteiger partial charge is 1.00 e. The molecular weight excluding hydrogens is 431 g/mol. The monoisotopic (exact) mass is 449 g/mol. The molecule has 10 heteroatoms. The number of β-lactam (4-membered cyclic amide) rings is 1. The fourth-order valence-electron chi connectivity index (χ4n) is 3.31. The van der Waals surface area contributed by atoms with Crippen molar-refractivity contribution in [1.82, 2.24) is 10.2 Å². The molecule has 2 aliphatic heterocycles. The Morgan fingerprint density at radius 2 is 2.00 bits per heavy atom. The van der Waals surface area contributed by atoms with E-state index in [1.54, 1.807) is 44.4 Å². The van der Waals surface area contributed by atoms with Gasteiger partial charge < -0.3 is 15.3 Å². The second kappa shape index (κ2) is 9.02. The minimum atomic E-state index is -1.03. The van der Waals surface area contributed by atoms with Crippen LogP contribution in [-0.2, 0) is 14.4 Å². The summed E-state index contributed by atoms with van der Waals surface area (Å²) in [6.45, 7) is 3.59. The molecule has 0 aliphatic carbocycles. The van der Waals surface area contributed by atoms with Gasteiger partial charge >= 0.3 is 35.5 Å². The number of carbonyl (C=O) groups excluding carboxylic acids is 2. The first-order valence-corrected chi connectivity index (χ1v) is 10.7. The molecule has 0 aromatic heterocycles. The van der Waals surface area contributed by atoms with Gasteiger partial charge in [-0.15, -0.1) is 23.5 Å². The number of nitrogens with zero attached hydrogens (tertiary/aromatic N) is 1. The molecule has 3 rings (SSSR count). The molecule has 2 amide bonds. The quantitative estimate of drug-likeness (QED) is 0.364. The first-order chi connectivity index (χ1) is 12.7. The molecule has 144 valence electrons. The number of thioether (sulfide) groups is 2. The summed E-state index contributed by atoms with van der Waals surface area (Å²) in [6, 6.07) is 5.54. The van der Waals surface area contributed by atoms with Crippen LogP contribution < -0.4 is 34.9 Å². The van der Waals surface area contributed by atoms with Gasteiger partial charge in [0.1, 0.15) is 17.5 Å². The van der Waals surface area contributed by atoms with Crippen molar-refractivity contribution in [3.63, 3.8) is 0 Å². The average Bonchev–Trinajstić information content (AvgIpc) is 2.87. The molecule has 0 saturated carbocycles. The first-order valence-electron chi connectivity index (χ1n) is 8.21. The summed E-state index contributed by atoms with van der Waals surface area (Å²) >= 11 is 8.79. The van der Waals surface area contributed by atoms with Crippen LogP contribution in [-0.4, -0.2) is 56.3 Å². The number of nitrogens with one attached hydrogen (secondary N) is 1. The zero-order valence-corrected chi connectivity index (χ0v) is 20.3. The number of carbonyl (C=O) groups is 3. The van der Waals surface area contributed by atoms with Crippen LogP contribution in [0, 0.1) is 0 Å². The number of carboxylic acids is 1. The van der Waals surface area contributed by atoms with Crippen LogP contribution in [0.1, 0.15) is 19.4 Å². The van der Waals surface area contributed by atoms with E-state index in [2.05, 4.69) is 5.32 Å². The predicted molar refractivity (Wildman–Crippen MR) is 109 cm³/mol. The number of carboxylic acid groups (broad SMARTS) is 1. The molecular formula is C18H19ClN2NaO4S2+. The van der Waals surface area contributed by atoms with E-state index in [-0.39, 0.29) is 46.7 Å². The number of halogens is 1. The molecule has 6 nitrogen and oxygen atoms in total. The van der Waals surface area contributed by atoms with E-state index < -0.39 is 22.8 Å². The van der Waals surface area contributed by atoms with Crippen LogP contribution in [0.3, 0.4) is 0 Å². The zero-order valence-electron chi connectivity index (χ0n) is 15.9. The Bertz CT molecular complexity index is 849. The van der Waals surface area contributed by atoms with Gasteiger partial charge in [-0.3, -0.25) is 9.59 Å². The molecule has 2 aliphatic rings. The summed E-state index contributed by atoms with van der Waals surface area (Å²) in [5.41, 5.74) is 0.711. The first kappa shape index (κ1) is 23.6. The normalized spacial score (nSPS) is 25.4. The van der Waals surface area contributed by atoms with E-state index in [0.29, 0.717) is 15.5 Å². The van der Waals surface area contributed by atoms with E-state index in [0.717, 1.165) is 0 Å². The maximum absolute atomic E-state index is 12.7. The average molecular weight is 450 g/mol. The number of hydrogen-bond acceptors (Lipinski definition) is 5. The molecule has 3 atom stereocenters.